The lowest BCUT2D eigenvalue weighted by Gasteiger charge is -2.11. The maximum Gasteiger partial charge on any atom is 0.184 e. The largest absolute Gasteiger partial charge is 0.492 e. The summed E-state index contributed by atoms with van der Waals surface area (Å²) in [5.41, 5.74) is 0.522. The van der Waals surface area contributed by atoms with Crippen molar-refractivity contribution < 1.29 is 9.53 Å². The summed E-state index contributed by atoms with van der Waals surface area (Å²) in [7, 11) is 0. The highest BCUT2D eigenvalue weighted by atomic mass is 79.9. The van der Waals surface area contributed by atoms with Crippen molar-refractivity contribution in [3.63, 3.8) is 0 Å². The van der Waals surface area contributed by atoms with E-state index in [0.717, 1.165) is 4.47 Å². The monoisotopic (exact) mass is 290 g/mol. The van der Waals surface area contributed by atoms with Crippen molar-refractivity contribution in [1.82, 2.24) is 0 Å². The predicted octanol–water partition coefficient (Wildman–Crippen LogP) is 3.66. The molecular weight excluding hydrogens is 279 g/mol. The van der Waals surface area contributed by atoms with Crippen LogP contribution in [0.5, 0.6) is 5.75 Å². The summed E-state index contributed by atoms with van der Waals surface area (Å²) in [5, 5.41) is -0.543. The van der Waals surface area contributed by atoms with Gasteiger partial charge >= 0.3 is 0 Å². The molecule has 0 bridgehead atoms. The smallest absolute Gasteiger partial charge is 0.184 e. The number of ketones is 1. The van der Waals surface area contributed by atoms with E-state index >= 15 is 0 Å². The topological polar surface area (TPSA) is 26.3 Å². The van der Waals surface area contributed by atoms with Crippen LogP contribution in [-0.4, -0.2) is 17.8 Å². The van der Waals surface area contributed by atoms with Crippen LogP contribution in [0, 0.1) is 0 Å². The maximum atomic E-state index is 11.8. The van der Waals surface area contributed by atoms with Crippen LogP contribution in [0.4, 0.5) is 0 Å². The highest BCUT2D eigenvalue weighted by Gasteiger charge is 2.18. The van der Waals surface area contributed by atoms with Crippen molar-refractivity contribution in [1.29, 1.82) is 0 Å². The number of benzene rings is 1. The first-order valence-electron chi connectivity index (χ1n) is 4.67. The van der Waals surface area contributed by atoms with Crippen LogP contribution in [0.2, 0.25) is 0 Å². The van der Waals surface area contributed by atoms with E-state index < -0.39 is 5.38 Å². The molecule has 1 unspecified atom stereocenters. The first kappa shape index (κ1) is 12.5. The lowest BCUT2D eigenvalue weighted by atomic mass is 10.1. The first-order chi connectivity index (χ1) is 7.07. The molecule has 0 aliphatic heterocycles. The molecule has 0 radical (unpaired) electrons. The number of Topliss-reactive ketones (excluding diaryl/α,β-unsaturated/α-hetero) is 1. The summed E-state index contributed by atoms with van der Waals surface area (Å²) >= 11 is 9.11. The molecule has 0 fully saturated rings. The third-order valence-corrected chi connectivity index (χ3v) is 2.71. The van der Waals surface area contributed by atoms with Crippen molar-refractivity contribution >= 4 is 33.3 Å². The van der Waals surface area contributed by atoms with Gasteiger partial charge in [0, 0.05) is 0 Å². The van der Waals surface area contributed by atoms with Crippen molar-refractivity contribution in [2.75, 3.05) is 6.61 Å². The molecule has 0 aromatic heterocycles. The van der Waals surface area contributed by atoms with Gasteiger partial charge in [0.1, 0.15) is 5.75 Å². The van der Waals surface area contributed by atoms with E-state index in [1.54, 1.807) is 19.1 Å². The SMILES string of the molecule is CCOc1c(Br)cccc1C(=O)C(C)Cl. The summed E-state index contributed by atoms with van der Waals surface area (Å²) in [6.07, 6.45) is 0. The third kappa shape index (κ3) is 2.95. The van der Waals surface area contributed by atoms with Crippen LogP contribution in [0.3, 0.4) is 0 Å². The molecule has 0 aliphatic carbocycles. The Balaban J connectivity index is 3.16. The molecule has 0 aliphatic rings. The Bertz CT molecular complexity index is 364. The fourth-order valence-electron chi connectivity index (χ4n) is 1.21. The zero-order chi connectivity index (χ0) is 11.4. The first-order valence-corrected chi connectivity index (χ1v) is 5.90. The van der Waals surface area contributed by atoms with Gasteiger partial charge in [-0.1, -0.05) is 6.07 Å². The quantitative estimate of drug-likeness (QED) is 0.625. The minimum Gasteiger partial charge on any atom is -0.492 e. The number of para-hydroxylation sites is 1. The van der Waals surface area contributed by atoms with Crippen LogP contribution >= 0.6 is 27.5 Å². The summed E-state index contributed by atoms with van der Waals surface area (Å²) in [4.78, 5) is 11.8. The standard InChI is InChI=1S/C11H12BrClO2/c1-3-15-11-8(10(14)7(2)13)5-4-6-9(11)12/h4-7H,3H2,1-2H3. The summed E-state index contributed by atoms with van der Waals surface area (Å²) in [6, 6.07) is 5.34. The number of rotatable bonds is 4. The number of hydrogen-bond donors (Lipinski definition) is 0. The molecular formula is C11H12BrClO2. The van der Waals surface area contributed by atoms with Crippen LogP contribution in [-0.2, 0) is 0 Å². The average molecular weight is 292 g/mol. The van der Waals surface area contributed by atoms with Crippen molar-refractivity contribution in [3.8, 4) is 5.75 Å². The maximum absolute atomic E-state index is 11.8. The molecule has 0 saturated heterocycles. The number of ether oxygens (including phenoxy) is 1. The van der Waals surface area contributed by atoms with Gasteiger partial charge in [0.05, 0.1) is 22.0 Å². The van der Waals surface area contributed by atoms with Crippen molar-refractivity contribution in [2.24, 2.45) is 0 Å². The molecule has 15 heavy (non-hydrogen) atoms. The average Bonchev–Trinajstić information content (AvgIpc) is 2.20. The van der Waals surface area contributed by atoms with Gasteiger partial charge in [-0.25, -0.2) is 0 Å². The Hall–Kier alpha value is -0.540. The van der Waals surface area contributed by atoms with Gasteiger partial charge in [-0.15, -0.1) is 11.6 Å². The van der Waals surface area contributed by atoms with Gasteiger partial charge in [-0.2, -0.15) is 0 Å². The Kier molecular flexibility index (Phi) is 4.61. The van der Waals surface area contributed by atoms with E-state index in [1.807, 2.05) is 13.0 Å². The lowest BCUT2D eigenvalue weighted by Crippen LogP contribution is -2.12. The lowest BCUT2D eigenvalue weighted by molar-refractivity contribution is 0.0988. The van der Waals surface area contributed by atoms with E-state index in [-0.39, 0.29) is 5.78 Å². The van der Waals surface area contributed by atoms with Crippen LogP contribution < -0.4 is 4.74 Å². The molecule has 0 saturated carbocycles. The second-order valence-electron chi connectivity index (χ2n) is 3.03. The molecule has 0 amide bonds. The summed E-state index contributed by atoms with van der Waals surface area (Å²) < 4.78 is 6.18. The van der Waals surface area contributed by atoms with E-state index in [1.165, 1.54) is 0 Å². The molecule has 2 nitrogen and oxygen atoms in total. The third-order valence-electron chi connectivity index (χ3n) is 1.88. The second kappa shape index (κ2) is 5.52. The number of carbonyl (C=O) groups is 1. The predicted molar refractivity (Wildman–Crippen MR) is 65.0 cm³/mol. The minimum atomic E-state index is -0.543. The molecule has 1 aromatic carbocycles. The Morgan fingerprint density at radius 1 is 1.60 bits per heavy atom. The van der Waals surface area contributed by atoms with E-state index in [0.29, 0.717) is 17.9 Å². The van der Waals surface area contributed by atoms with Gasteiger partial charge in [0.2, 0.25) is 0 Å². The zero-order valence-electron chi connectivity index (χ0n) is 8.59. The van der Waals surface area contributed by atoms with E-state index in [2.05, 4.69) is 15.9 Å². The molecule has 1 rings (SSSR count). The molecule has 4 heteroatoms. The van der Waals surface area contributed by atoms with Crippen LogP contribution in [0.1, 0.15) is 24.2 Å². The van der Waals surface area contributed by atoms with Gasteiger partial charge in [-0.3, -0.25) is 4.79 Å². The molecule has 82 valence electrons. The zero-order valence-corrected chi connectivity index (χ0v) is 10.9. The van der Waals surface area contributed by atoms with E-state index in [4.69, 9.17) is 16.3 Å². The van der Waals surface area contributed by atoms with Crippen LogP contribution in [0.15, 0.2) is 22.7 Å². The Morgan fingerprint density at radius 2 is 2.27 bits per heavy atom. The van der Waals surface area contributed by atoms with Gasteiger partial charge < -0.3 is 4.74 Å². The highest BCUT2D eigenvalue weighted by Crippen LogP contribution is 2.30. The molecule has 1 atom stereocenters. The fraction of sp³-hybridized carbons (Fsp3) is 0.364. The minimum absolute atomic E-state index is 0.124. The summed E-state index contributed by atoms with van der Waals surface area (Å²) in [6.45, 7) is 4.04. The molecule has 1 aromatic rings. The number of alkyl halides is 1. The number of halogens is 2. The normalized spacial score (nSPS) is 12.3. The molecule has 0 heterocycles. The Labute approximate surface area is 103 Å². The highest BCUT2D eigenvalue weighted by molar-refractivity contribution is 9.10. The molecule has 0 N–H and O–H groups in total. The van der Waals surface area contributed by atoms with Gasteiger partial charge in [0.15, 0.2) is 5.78 Å². The summed E-state index contributed by atoms with van der Waals surface area (Å²) in [5.74, 6) is 0.443. The fourth-order valence-corrected chi connectivity index (χ4v) is 1.81. The number of hydrogen-bond acceptors (Lipinski definition) is 2. The van der Waals surface area contributed by atoms with Gasteiger partial charge in [0.25, 0.3) is 0 Å². The van der Waals surface area contributed by atoms with E-state index in [9.17, 15) is 4.79 Å². The Morgan fingerprint density at radius 3 is 2.80 bits per heavy atom. The molecule has 0 spiro atoms. The van der Waals surface area contributed by atoms with Crippen LogP contribution in [0.25, 0.3) is 0 Å². The number of carbonyl (C=O) groups excluding carboxylic acids is 1. The second-order valence-corrected chi connectivity index (χ2v) is 4.54. The van der Waals surface area contributed by atoms with Gasteiger partial charge in [-0.05, 0) is 41.9 Å². The van der Waals surface area contributed by atoms with Crippen molar-refractivity contribution in [3.05, 3.63) is 28.2 Å². The van der Waals surface area contributed by atoms with Crippen molar-refractivity contribution in [2.45, 2.75) is 19.2 Å².